The third-order valence-electron chi connectivity index (χ3n) is 6.93. The summed E-state index contributed by atoms with van der Waals surface area (Å²) in [4.78, 5) is 68.2. The number of ether oxygens (including phenoxy) is 4. The number of anilines is 1. The number of benzene rings is 1. The van der Waals surface area contributed by atoms with Gasteiger partial charge in [0, 0.05) is 31.5 Å². The van der Waals surface area contributed by atoms with Crippen molar-refractivity contribution in [3.63, 3.8) is 0 Å². The quantitative estimate of drug-likeness (QED) is 0.0822. The zero-order chi connectivity index (χ0) is 38.2. The Morgan fingerprint density at radius 1 is 0.780 bits per heavy atom. The second-order valence-corrected chi connectivity index (χ2v) is 11.9. The molecule has 15 heteroatoms. The summed E-state index contributed by atoms with van der Waals surface area (Å²) in [6, 6.07) is 5.35. The largest absolute Gasteiger partial charge is 0.506 e. The summed E-state index contributed by atoms with van der Waals surface area (Å²) in [7, 11) is 0. The van der Waals surface area contributed by atoms with Gasteiger partial charge in [-0.25, -0.2) is 0 Å². The van der Waals surface area contributed by atoms with Crippen LogP contribution in [0.4, 0.5) is 5.69 Å². The van der Waals surface area contributed by atoms with Gasteiger partial charge in [-0.05, 0) is 54.7 Å². The second-order valence-electron chi connectivity index (χ2n) is 11.9. The van der Waals surface area contributed by atoms with Gasteiger partial charge in [0.1, 0.15) is 5.75 Å². The van der Waals surface area contributed by atoms with Gasteiger partial charge in [0.15, 0.2) is 0 Å². The fourth-order valence-corrected chi connectivity index (χ4v) is 3.99. The highest BCUT2D eigenvalue weighted by atomic mass is 16.5. The molecule has 50 heavy (non-hydrogen) atoms. The summed E-state index contributed by atoms with van der Waals surface area (Å²) >= 11 is 0. The Labute approximate surface area is 294 Å². The van der Waals surface area contributed by atoms with Gasteiger partial charge < -0.3 is 40.0 Å². The van der Waals surface area contributed by atoms with E-state index >= 15 is 0 Å². The third kappa shape index (κ3) is 28.6. The molecule has 3 amide bonds. The molecule has 0 aliphatic heterocycles. The molecule has 15 nitrogen and oxygen atoms in total. The lowest BCUT2D eigenvalue weighted by Crippen LogP contribution is -2.28. The van der Waals surface area contributed by atoms with Crippen LogP contribution in [0.5, 0.6) is 5.75 Å². The third-order valence-corrected chi connectivity index (χ3v) is 6.93. The van der Waals surface area contributed by atoms with Gasteiger partial charge in [-0.15, -0.1) is 0 Å². The van der Waals surface area contributed by atoms with E-state index < -0.39 is 11.8 Å². The van der Waals surface area contributed by atoms with Crippen LogP contribution in [0.15, 0.2) is 18.2 Å². The Balaban J connectivity index is 0. The summed E-state index contributed by atoms with van der Waals surface area (Å²) in [5.41, 5.74) is 1.73. The Kier molecular flexibility index (Phi) is 29.2. The van der Waals surface area contributed by atoms with Crippen molar-refractivity contribution in [2.24, 2.45) is 17.3 Å². The molecule has 2 atom stereocenters. The van der Waals surface area contributed by atoms with Crippen molar-refractivity contribution in [3.05, 3.63) is 23.8 Å². The average molecular weight is 708 g/mol. The molecule has 0 aromatic heterocycles. The number of hydrogen-bond acceptors (Lipinski definition) is 12. The molecule has 1 aromatic carbocycles. The molecule has 0 radical (unpaired) electrons. The summed E-state index contributed by atoms with van der Waals surface area (Å²) in [5.74, 6) is 4.12. The van der Waals surface area contributed by atoms with Crippen molar-refractivity contribution in [2.45, 2.75) is 60.8 Å². The highest BCUT2D eigenvalue weighted by Gasteiger charge is 2.22. The lowest BCUT2D eigenvalue weighted by Gasteiger charge is -2.29. The highest BCUT2D eigenvalue weighted by Crippen LogP contribution is 2.32. The number of nitrogens with one attached hydrogen (secondary N) is 3. The summed E-state index contributed by atoms with van der Waals surface area (Å²) in [6.45, 7) is 16.6. The van der Waals surface area contributed by atoms with E-state index in [1.807, 2.05) is 19.1 Å². The highest BCUT2D eigenvalue weighted by molar-refractivity contribution is 6.02. The van der Waals surface area contributed by atoms with Crippen LogP contribution in [0, 0.1) is 29.1 Å². The number of phenolic OH excluding ortho intramolecular Hbond substituents is 1. The maximum absolute atomic E-state index is 12.4. The van der Waals surface area contributed by atoms with E-state index in [-0.39, 0.29) is 75.3 Å². The standard InChI is InChI=1S/C33H53N3O8.2CO2/c1-7-41-18-19-43-16-13-34-30(38)10-11-31(39)35-14-17-44-21-20-42-15-12-32(40)36-28-24-27(8-9-29(28)37)23-25(2)22-26(3)33(4,5)6;2*2-1-3/h8-9,24-26,37H,7,12-23H2,1-6H3,(H,34,38)(H,35,39)(H,36,40);;/t25-,26?;;/m1../s1. The van der Waals surface area contributed by atoms with Gasteiger partial charge in [-0.3, -0.25) is 14.4 Å². The van der Waals surface area contributed by atoms with Crippen molar-refractivity contribution in [3.8, 4) is 17.6 Å². The van der Waals surface area contributed by atoms with Gasteiger partial charge in [-0.2, -0.15) is 19.2 Å². The first-order chi connectivity index (χ1) is 23.7. The number of carbonyl (C=O) groups is 3. The fraction of sp³-hybridized carbons (Fsp3) is 0.629. The summed E-state index contributed by atoms with van der Waals surface area (Å²) < 4.78 is 21.2. The van der Waals surface area contributed by atoms with Crippen molar-refractivity contribution in [2.75, 3.05) is 71.3 Å². The maximum Gasteiger partial charge on any atom is 0.373 e. The molecule has 0 saturated heterocycles. The van der Waals surface area contributed by atoms with Gasteiger partial charge in [0.2, 0.25) is 5.91 Å². The van der Waals surface area contributed by atoms with Crippen molar-refractivity contribution >= 4 is 35.7 Å². The SMILES string of the molecule is CCOCCOCCNC(=O)C#CC(=O)NCCOCCOCCC(=O)Nc1cc(C[C@H](C)CC(C)C(C)(C)C)ccc1O.O=C=O.O=C=O. The van der Waals surface area contributed by atoms with Crippen molar-refractivity contribution in [1.82, 2.24) is 10.6 Å². The van der Waals surface area contributed by atoms with Crippen LogP contribution in [-0.4, -0.2) is 101 Å². The van der Waals surface area contributed by atoms with E-state index in [2.05, 4.69) is 62.4 Å². The molecule has 1 rings (SSSR count). The first kappa shape index (κ1) is 47.7. The van der Waals surface area contributed by atoms with E-state index in [1.165, 1.54) is 0 Å². The van der Waals surface area contributed by atoms with E-state index in [9.17, 15) is 19.5 Å². The first-order valence-electron chi connectivity index (χ1n) is 16.2. The van der Waals surface area contributed by atoms with Crippen LogP contribution >= 0.6 is 0 Å². The topological polar surface area (TPSA) is 213 Å². The van der Waals surface area contributed by atoms with E-state index in [0.29, 0.717) is 44.0 Å². The number of hydrogen-bond donors (Lipinski definition) is 4. The molecule has 0 spiro atoms. The fourth-order valence-electron chi connectivity index (χ4n) is 3.99. The van der Waals surface area contributed by atoms with Crippen LogP contribution < -0.4 is 16.0 Å². The lowest BCUT2D eigenvalue weighted by atomic mass is 9.76. The summed E-state index contributed by atoms with van der Waals surface area (Å²) in [5, 5.41) is 18.1. The van der Waals surface area contributed by atoms with Crippen LogP contribution in [0.25, 0.3) is 0 Å². The predicted molar refractivity (Wildman–Crippen MR) is 180 cm³/mol. The zero-order valence-electron chi connectivity index (χ0n) is 30.0. The lowest BCUT2D eigenvalue weighted by molar-refractivity contribution is -0.193. The molecule has 0 heterocycles. The number of carbonyl (C=O) groups excluding carboxylic acids is 7. The molecule has 0 bridgehead atoms. The Hall–Kier alpha value is -4.41. The smallest absolute Gasteiger partial charge is 0.373 e. The van der Waals surface area contributed by atoms with E-state index in [0.717, 1.165) is 18.4 Å². The second kappa shape index (κ2) is 30.6. The number of amides is 3. The van der Waals surface area contributed by atoms with Crippen LogP contribution in [0.3, 0.4) is 0 Å². The van der Waals surface area contributed by atoms with Gasteiger partial charge in [-0.1, -0.05) is 40.7 Å². The van der Waals surface area contributed by atoms with E-state index in [1.54, 1.807) is 6.07 Å². The molecule has 1 aromatic rings. The molecule has 0 saturated carbocycles. The predicted octanol–water partition coefficient (Wildman–Crippen LogP) is 2.13. The number of aromatic hydroxyl groups is 1. The molecular weight excluding hydrogens is 654 g/mol. The summed E-state index contributed by atoms with van der Waals surface area (Å²) in [6.07, 6.45) is 2.60. The number of rotatable bonds is 21. The molecule has 0 aliphatic carbocycles. The van der Waals surface area contributed by atoms with Crippen molar-refractivity contribution in [1.29, 1.82) is 0 Å². The number of phenols is 1. The Morgan fingerprint density at radius 3 is 1.74 bits per heavy atom. The van der Waals surface area contributed by atoms with Crippen LogP contribution in [0.2, 0.25) is 0 Å². The van der Waals surface area contributed by atoms with Gasteiger partial charge >= 0.3 is 12.3 Å². The van der Waals surface area contributed by atoms with Gasteiger partial charge in [0.05, 0.1) is 58.4 Å². The molecule has 280 valence electrons. The first-order valence-corrected chi connectivity index (χ1v) is 16.2. The average Bonchev–Trinajstić information content (AvgIpc) is 3.04. The molecular formula is C35H53N3O12. The van der Waals surface area contributed by atoms with Crippen LogP contribution in [-0.2, 0) is 58.9 Å². The Bertz CT molecular complexity index is 1230. The minimum absolute atomic E-state index is 0.0309. The minimum Gasteiger partial charge on any atom is -0.506 e. The molecule has 1 unspecified atom stereocenters. The molecule has 4 N–H and O–H groups in total. The normalized spacial score (nSPS) is 11.3. The zero-order valence-corrected chi connectivity index (χ0v) is 30.0. The van der Waals surface area contributed by atoms with Gasteiger partial charge in [0.25, 0.3) is 11.8 Å². The molecule has 0 aliphatic rings. The Morgan fingerprint density at radius 2 is 1.26 bits per heavy atom. The van der Waals surface area contributed by atoms with Crippen LogP contribution in [0.1, 0.15) is 59.9 Å². The monoisotopic (exact) mass is 707 g/mol. The maximum atomic E-state index is 12.4. The minimum atomic E-state index is -0.583. The van der Waals surface area contributed by atoms with Crippen molar-refractivity contribution < 1.29 is 57.6 Å². The molecule has 0 fully saturated rings. The van der Waals surface area contributed by atoms with E-state index in [4.69, 9.17) is 38.1 Å².